The van der Waals surface area contributed by atoms with Crippen LogP contribution in [0.25, 0.3) is 0 Å². The summed E-state index contributed by atoms with van der Waals surface area (Å²) in [7, 11) is 3.15. The van der Waals surface area contributed by atoms with Crippen LogP contribution in [0.3, 0.4) is 0 Å². The van der Waals surface area contributed by atoms with Gasteiger partial charge >= 0.3 is 12.0 Å². The van der Waals surface area contributed by atoms with Crippen molar-refractivity contribution >= 4 is 23.7 Å². The van der Waals surface area contributed by atoms with Gasteiger partial charge in [-0.2, -0.15) is 0 Å². The number of ether oxygens (including phenoxy) is 1. The molecule has 8 heteroatoms. The van der Waals surface area contributed by atoms with Gasteiger partial charge in [-0.3, -0.25) is 14.6 Å². The first kappa shape index (κ1) is 15.7. The Morgan fingerprint density at radius 2 is 2.04 bits per heavy atom. The third kappa shape index (κ3) is 2.33. The third-order valence-electron chi connectivity index (χ3n) is 4.32. The number of rotatable bonds is 5. The predicted molar refractivity (Wildman–Crippen MR) is 82.5 cm³/mol. The first-order valence-electron chi connectivity index (χ1n) is 7.80. The molecular weight excluding hydrogens is 298 g/mol. The molecule has 0 N–H and O–H groups in total. The highest BCUT2D eigenvalue weighted by Crippen LogP contribution is 2.28. The largest absolute Gasteiger partial charge is 0.401 e. The summed E-state index contributed by atoms with van der Waals surface area (Å²) in [6, 6.07) is -0.903. The molecule has 8 nitrogen and oxygen atoms in total. The van der Waals surface area contributed by atoms with E-state index in [1.807, 2.05) is 24.6 Å². The fraction of sp³-hybridized carbons (Fsp3) is 0.600. The standard InChI is InChI=1S/C15H22N5O3/c1-5-23-8-6-7-19-10(2)9-20-11-12(16-14(19)20)17(3)15(22)18(4)13(11)21/h9,11H,5-8H2,1-4H3/q+1. The van der Waals surface area contributed by atoms with Crippen molar-refractivity contribution in [2.45, 2.75) is 32.9 Å². The number of amidine groups is 1. The van der Waals surface area contributed by atoms with Crippen LogP contribution in [0.5, 0.6) is 0 Å². The van der Waals surface area contributed by atoms with E-state index in [0.29, 0.717) is 25.0 Å². The van der Waals surface area contributed by atoms with Gasteiger partial charge in [0.1, 0.15) is 11.9 Å². The zero-order valence-corrected chi connectivity index (χ0v) is 13.9. The number of carbonyl (C=O) groups excluding carboxylic acids is 2. The first-order valence-corrected chi connectivity index (χ1v) is 7.80. The molecule has 3 heterocycles. The molecule has 1 fully saturated rings. The average molecular weight is 320 g/mol. The Morgan fingerprint density at radius 3 is 2.74 bits per heavy atom. The van der Waals surface area contributed by atoms with E-state index in [2.05, 4.69) is 9.56 Å². The minimum Gasteiger partial charge on any atom is -0.382 e. The number of carbonyl (C=O) groups is 2. The van der Waals surface area contributed by atoms with E-state index in [-0.39, 0.29) is 11.9 Å². The molecule has 1 aromatic rings. The molecule has 23 heavy (non-hydrogen) atoms. The number of imide groups is 1. The quantitative estimate of drug-likeness (QED) is 0.590. The molecule has 2 aliphatic rings. The van der Waals surface area contributed by atoms with Crippen molar-refractivity contribution in [2.24, 2.45) is 4.99 Å². The summed E-state index contributed by atoms with van der Waals surface area (Å²) in [5, 5.41) is 0. The van der Waals surface area contributed by atoms with E-state index in [0.717, 1.165) is 23.6 Å². The summed E-state index contributed by atoms with van der Waals surface area (Å²) < 4.78 is 9.30. The second-order valence-corrected chi connectivity index (χ2v) is 5.79. The van der Waals surface area contributed by atoms with E-state index >= 15 is 0 Å². The number of urea groups is 1. The lowest BCUT2D eigenvalue weighted by molar-refractivity contribution is -0.677. The van der Waals surface area contributed by atoms with Crippen LogP contribution in [0.1, 0.15) is 25.1 Å². The van der Waals surface area contributed by atoms with Crippen LogP contribution in [0, 0.1) is 6.92 Å². The topological polar surface area (TPSA) is 71.0 Å². The molecule has 1 saturated heterocycles. The van der Waals surface area contributed by atoms with E-state index < -0.39 is 6.04 Å². The van der Waals surface area contributed by atoms with Crippen LogP contribution in [0.4, 0.5) is 10.7 Å². The highest BCUT2D eigenvalue weighted by molar-refractivity contribution is 6.18. The molecule has 0 aliphatic carbocycles. The van der Waals surface area contributed by atoms with Crippen LogP contribution in [-0.2, 0) is 16.1 Å². The number of hydrogen-bond donors (Lipinski definition) is 0. The molecular formula is C15H22N5O3+. The van der Waals surface area contributed by atoms with Gasteiger partial charge in [0, 0.05) is 33.7 Å². The van der Waals surface area contributed by atoms with Gasteiger partial charge in [0.2, 0.25) is 11.9 Å². The molecule has 1 atom stereocenters. The van der Waals surface area contributed by atoms with Gasteiger partial charge in [0.15, 0.2) is 0 Å². The Bertz CT molecular complexity index is 694. The number of likely N-dealkylation sites (N-methyl/N-ethyl adjacent to an activating group) is 2. The molecule has 0 saturated carbocycles. The molecule has 3 amide bonds. The molecule has 0 radical (unpaired) electrons. The van der Waals surface area contributed by atoms with Crippen LogP contribution in [0.2, 0.25) is 0 Å². The van der Waals surface area contributed by atoms with E-state index in [9.17, 15) is 9.59 Å². The molecule has 1 unspecified atom stereocenters. The monoisotopic (exact) mass is 320 g/mol. The van der Waals surface area contributed by atoms with Crippen LogP contribution >= 0.6 is 0 Å². The lowest BCUT2D eigenvalue weighted by Crippen LogP contribution is -2.61. The van der Waals surface area contributed by atoms with Crippen LogP contribution < -0.4 is 4.57 Å². The maximum absolute atomic E-state index is 12.5. The molecule has 1 aromatic heterocycles. The van der Waals surface area contributed by atoms with Gasteiger partial charge in [-0.1, -0.05) is 4.99 Å². The summed E-state index contributed by atoms with van der Waals surface area (Å²) in [5.74, 6) is 0.955. The SMILES string of the molecule is CCOCCCn1c(C)c[n+]2c1N=C1C2C(=O)N(C)C(=O)N1C. The zero-order valence-electron chi connectivity index (χ0n) is 13.9. The Labute approximate surface area is 134 Å². The van der Waals surface area contributed by atoms with Crippen LogP contribution in [0.15, 0.2) is 11.2 Å². The van der Waals surface area contributed by atoms with Gasteiger partial charge in [-0.15, -0.1) is 0 Å². The van der Waals surface area contributed by atoms with E-state index in [4.69, 9.17) is 4.74 Å². The highest BCUT2D eigenvalue weighted by atomic mass is 16.5. The van der Waals surface area contributed by atoms with Gasteiger partial charge in [0.25, 0.3) is 5.91 Å². The van der Waals surface area contributed by atoms with E-state index in [1.54, 1.807) is 7.05 Å². The van der Waals surface area contributed by atoms with Crippen LogP contribution in [-0.4, -0.2) is 59.4 Å². The van der Waals surface area contributed by atoms with Crippen molar-refractivity contribution in [3.8, 4) is 0 Å². The minimum atomic E-state index is -0.551. The average Bonchev–Trinajstić information content (AvgIpc) is 3.03. The maximum atomic E-state index is 12.5. The lowest BCUT2D eigenvalue weighted by Gasteiger charge is -2.30. The van der Waals surface area contributed by atoms with Crippen molar-refractivity contribution < 1.29 is 18.9 Å². The molecule has 0 spiro atoms. The molecule has 124 valence electrons. The van der Waals surface area contributed by atoms with Gasteiger partial charge in [-0.05, 0) is 13.8 Å². The smallest absolute Gasteiger partial charge is 0.382 e. The number of aromatic nitrogens is 2. The fourth-order valence-electron chi connectivity index (χ4n) is 3.06. The normalized spacial score (nSPS) is 20.0. The molecule has 0 aromatic carbocycles. The van der Waals surface area contributed by atoms with Crippen molar-refractivity contribution in [3.05, 3.63) is 11.9 Å². The minimum absolute atomic E-state index is 0.248. The number of nitrogens with zero attached hydrogens (tertiary/aromatic N) is 5. The van der Waals surface area contributed by atoms with Crippen molar-refractivity contribution in [1.29, 1.82) is 0 Å². The Kier molecular flexibility index (Phi) is 3.93. The fourth-order valence-corrected chi connectivity index (χ4v) is 3.06. The second-order valence-electron chi connectivity index (χ2n) is 5.79. The van der Waals surface area contributed by atoms with E-state index in [1.165, 1.54) is 11.9 Å². The number of aliphatic imine (C=N–C) groups is 1. The van der Waals surface area contributed by atoms with Crippen molar-refractivity contribution in [1.82, 2.24) is 14.4 Å². The first-order chi connectivity index (χ1) is 11.0. The highest BCUT2D eigenvalue weighted by Gasteiger charge is 2.51. The second kappa shape index (κ2) is 5.77. The number of hydrogen-bond acceptors (Lipinski definition) is 4. The van der Waals surface area contributed by atoms with Gasteiger partial charge in [-0.25, -0.2) is 13.9 Å². The maximum Gasteiger partial charge on any atom is 0.401 e. The van der Waals surface area contributed by atoms with Crippen molar-refractivity contribution in [3.63, 3.8) is 0 Å². The summed E-state index contributed by atoms with van der Waals surface area (Å²) in [6.07, 6.45) is 2.79. The lowest BCUT2D eigenvalue weighted by atomic mass is 10.2. The molecule has 2 aliphatic heterocycles. The Morgan fingerprint density at radius 1 is 1.30 bits per heavy atom. The number of imidazole rings is 1. The number of amides is 3. The molecule has 3 rings (SSSR count). The third-order valence-corrected chi connectivity index (χ3v) is 4.32. The van der Waals surface area contributed by atoms with Crippen molar-refractivity contribution in [2.75, 3.05) is 27.3 Å². The van der Waals surface area contributed by atoms with Gasteiger partial charge < -0.3 is 4.74 Å². The predicted octanol–water partition coefficient (Wildman–Crippen LogP) is 0.619. The Balaban J connectivity index is 1.92. The van der Waals surface area contributed by atoms with Gasteiger partial charge in [0.05, 0.1) is 6.54 Å². The number of aryl methyl sites for hydroxylation is 1. The summed E-state index contributed by atoms with van der Waals surface area (Å²) >= 11 is 0. The summed E-state index contributed by atoms with van der Waals surface area (Å²) in [4.78, 5) is 31.7. The number of fused-ring (bicyclic) bond motifs is 3. The zero-order chi connectivity index (χ0) is 16.7. The summed E-state index contributed by atoms with van der Waals surface area (Å²) in [5.41, 5.74) is 1.04. The molecule has 0 bridgehead atoms. The summed E-state index contributed by atoms with van der Waals surface area (Å²) in [6.45, 7) is 6.12. The Hall–Kier alpha value is -2.22.